The van der Waals surface area contributed by atoms with Gasteiger partial charge < -0.3 is 15.2 Å². The fraction of sp³-hybridized carbons (Fsp3) is 0.250. The highest BCUT2D eigenvalue weighted by atomic mass is 79.9. The number of hydrogen-bond donors (Lipinski definition) is 1. The number of methoxy groups -OCH3 is 2. The number of benzene rings is 1. The first-order valence-electron chi connectivity index (χ1n) is 3.47. The number of rotatable bonds is 2. The molecule has 1 aromatic rings. The smallest absolute Gasteiger partial charge is 0.159 e. The maximum Gasteiger partial charge on any atom is 0.159 e. The molecule has 1 rings (SSSR count). The van der Waals surface area contributed by atoms with Crippen molar-refractivity contribution in [2.75, 3.05) is 20.0 Å². The third kappa shape index (κ3) is 1.91. The van der Waals surface area contributed by atoms with Crippen molar-refractivity contribution < 1.29 is 9.47 Å². The van der Waals surface area contributed by atoms with Crippen LogP contribution in [0, 0.1) is 0 Å². The Morgan fingerprint density at radius 2 is 1.69 bits per heavy atom. The molecule has 0 saturated carbocycles. The zero-order chi connectivity index (χ0) is 10.0. The molecule has 1 aromatic carbocycles. The predicted octanol–water partition coefficient (Wildman–Crippen LogP) is 2.81. The summed E-state index contributed by atoms with van der Waals surface area (Å²) in [4.78, 5) is 0. The minimum absolute atomic E-state index is 0.557. The van der Waals surface area contributed by atoms with E-state index >= 15 is 0 Å². The molecule has 0 amide bonds. The lowest BCUT2D eigenvalue weighted by atomic mass is 10.3. The first-order valence-corrected chi connectivity index (χ1v) is 5.05. The Morgan fingerprint density at radius 3 is 2.15 bits per heavy atom. The van der Waals surface area contributed by atoms with Gasteiger partial charge in [-0.1, -0.05) is 0 Å². The molecule has 0 atom stereocenters. The van der Waals surface area contributed by atoms with E-state index < -0.39 is 0 Å². The van der Waals surface area contributed by atoms with E-state index in [2.05, 4.69) is 31.9 Å². The molecule has 0 radical (unpaired) electrons. The van der Waals surface area contributed by atoms with Gasteiger partial charge in [-0.25, -0.2) is 0 Å². The molecule has 0 bridgehead atoms. The van der Waals surface area contributed by atoms with Crippen LogP contribution in [0.1, 0.15) is 0 Å². The van der Waals surface area contributed by atoms with Crippen molar-refractivity contribution in [1.29, 1.82) is 0 Å². The molecule has 0 unspecified atom stereocenters. The van der Waals surface area contributed by atoms with E-state index in [1.165, 1.54) is 0 Å². The molecular weight excluding hydrogens is 302 g/mol. The lowest BCUT2D eigenvalue weighted by molar-refractivity contribution is 0.389. The van der Waals surface area contributed by atoms with Crippen LogP contribution in [-0.4, -0.2) is 14.2 Å². The fourth-order valence-electron chi connectivity index (χ4n) is 0.997. The summed E-state index contributed by atoms with van der Waals surface area (Å²) in [7, 11) is 3.14. The van der Waals surface area contributed by atoms with E-state index in [0.717, 1.165) is 4.47 Å². The summed E-state index contributed by atoms with van der Waals surface area (Å²) in [6.07, 6.45) is 0. The minimum atomic E-state index is 0.557. The van der Waals surface area contributed by atoms with Crippen LogP contribution >= 0.6 is 31.9 Å². The summed E-state index contributed by atoms with van der Waals surface area (Å²) in [5.41, 5.74) is 6.27. The number of halogens is 2. The summed E-state index contributed by atoms with van der Waals surface area (Å²) in [5, 5.41) is 0. The molecule has 13 heavy (non-hydrogen) atoms. The van der Waals surface area contributed by atoms with Gasteiger partial charge >= 0.3 is 0 Å². The summed E-state index contributed by atoms with van der Waals surface area (Å²) in [6.45, 7) is 0. The monoisotopic (exact) mass is 309 g/mol. The van der Waals surface area contributed by atoms with E-state index in [1.54, 1.807) is 20.3 Å². The van der Waals surface area contributed by atoms with Crippen molar-refractivity contribution in [3.63, 3.8) is 0 Å². The molecule has 0 heterocycles. The molecule has 2 N–H and O–H groups in total. The van der Waals surface area contributed by atoms with E-state index in [-0.39, 0.29) is 0 Å². The van der Waals surface area contributed by atoms with E-state index in [9.17, 15) is 0 Å². The first-order chi connectivity index (χ1) is 6.11. The highest BCUT2D eigenvalue weighted by molar-refractivity contribution is 9.11. The Balaban J connectivity index is 3.39. The maximum absolute atomic E-state index is 5.72. The molecule has 5 heteroatoms. The Morgan fingerprint density at radius 1 is 1.15 bits per heavy atom. The lowest BCUT2D eigenvalue weighted by Crippen LogP contribution is -1.96. The van der Waals surface area contributed by atoms with Crippen molar-refractivity contribution >= 4 is 37.5 Å². The van der Waals surface area contributed by atoms with Crippen LogP contribution in [0.4, 0.5) is 5.69 Å². The quantitative estimate of drug-likeness (QED) is 0.854. The van der Waals surface area contributed by atoms with E-state index in [0.29, 0.717) is 21.7 Å². The van der Waals surface area contributed by atoms with Gasteiger partial charge in [0.05, 0.1) is 24.4 Å². The zero-order valence-corrected chi connectivity index (χ0v) is 10.4. The molecule has 0 aliphatic rings. The van der Waals surface area contributed by atoms with Crippen LogP contribution in [0.5, 0.6) is 11.5 Å². The average molecular weight is 311 g/mol. The Kier molecular flexibility index (Phi) is 3.44. The maximum atomic E-state index is 5.72. The highest BCUT2D eigenvalue weighted by Crippen LogP contribution is 2.43. The molecule has 0 aliphatic heterocycles. The largest absolute Gasteiger partial charge is 0.494 e. The van der Waals surface area contributed by atoms with Gasteiger partial charge in [-0.15, -0.1) is 0 Å². The third-order valence-corrected chi connectivity index (χ3v) is 2.88. The van der Waals surface area contributed by atoms with E-state index in [1.807, 2.05) is 0 Å². The van der Waals surface area contributed by atoms with Crippen LogP contribution in [0.2, 0.25) is 0 Å². The summed E-state index contributed by atoms with van der Waals surface area (Å²) in [5.74, 6) is 1.26. The normalized spacial score (nSPS) is 9.85. The molecular formula is C8H9Br2NO2. The fourth-order valence-corrected chi connectivity index (χ4v) is 2.64. The third-order valence-electron chi connectivity index (χ3n) is 1.57. The number of hydrogen-bond acceptors (Lipinski definition) is 3. The predicted molar refractivity (Wildman–Crippen MR) is 59.4 cm³/mol. The van der Waals surface area contributed by atoms with Gasteiger partial charge in [0.15, 0.2) is 11.5 Å². The van der Waals surface area contributed by atoms with Crippen LogP contribution < -0.4 is 15.2 Å². The Bertz CT molecular complexity index is 300. The Hall–Kier alpha value is -0.420. The molecule has 3 nitrogen and oxygen atoms in total. The summed E-state index contributed by atoms with van der Waals surface area (Å²) in [6, 6.07) is 1.74. The molecule has 0 aliphatic carbocycles. The zero-order valence-electron chi connectivity index (χ0n) is 7.23. The van der Waals surface area contributed by atoms with Crippen molar-refractivity contribution in [3.8, 4) is 11.5 Å². The van der Waals surface area contributed by atoms with Gasteiger partial charge in [0, 0.05) is 0 Å². The number of anilines is 1. The number of nitrogen functional groups attached to an aromatic ring is 1. The van der Waals surface area contributed by atoms with Crippen molar-refractivity contribution in [1.82, 2.24) is 0 Å². The molecule has 0 spiro atoms. The number of ether oxygens (including phenoxy) is 2. The molecule has 0 aromatic heterocycles. The summed E-state index contributed by atoms with van der Waals surface area (Å²) < 4.78 is 11.7. The van der Waals surface area contributed by atoms with Crippen LogP contribution in [0.3, 0.4) is 0 Å². The van der Waals surface area contributed by atoms with Crippen LogP contribution in [0.15, 0.2) is 15.0 Å². The minimum Gasteiger partial charge on any atom is -0.494 e. The lowest BCUT2D eigenvalue weighted by Gasteiger charge is -2.12. The van der Waals surface area contributed by atoms with E-state index in [4.69, 9.17) is 15.2 Å². The van der Waals surface area contributed by atoms with Gasteiger partial charge in [0.1, 0.15) is 4.47 Å². The Labute approximate surface area is 93.5 Å². The average Bonchev–Trinajstić information content (AvgIpc) is 2.04. The van der Waals surface area contributed by atoms with Gasteiger partial charge in [-0.2, -0.15) is 0 Å². The standard InChI is InChI=1S/C8H9Br2NO2/c1-12-7-4(9)3-5(11)8(13-2)6(7)10/h3H,11H2,1-2H3. The van der Waals surface area contributed by atoms with Crippen molar-refractivity contribution in [2.24, 2.45) is 0 Å². The SMILES string of the molecule is COc1c(N)cc(Br)c(OC)c1Br. The van der Waals surface area contributed by atoms with Crippen LogP contribution in [-0.2, 0) is 0 Å². The second kappa shape index (κ2) is 4.19. The molecule has 72 valence electrons. The summed E-state index contributed by atoms with van der Waals surface area (Å²) >= 11 is 6.67. The second-order valence-electron chi connectivity index (χ2n) is 2.33. The van der Waals surface area contributed by atoms with Gasteiger partial charge in [-0.3, -0.25) is 0 Å². The van der Waals surface area contributed by atoms with Gasteiger partial charge in [-0.05, 0) is 37.9 Å². The van der Waals surface area contributed by atoms with Crippen molar-refractivity contribution in [3.05, 3.63) is 15.0 Å². The highest BCUT2D eigenvalue weighted by Gasteiger charge is 2.14. The van der Waals surface area contributed by atoms with Gasteiger partial charge in [0.2, 0.25) is 0 Å². The molecule has 0 fully saturated rings. The van der Waals surface area contributed by atoms with Crippen LogP contribution in [0.25, 0.3) is 0 Å². The van der Waals surface area contributed by atoms with Crippen molar-refractivity contribution in [2.45, 2.75) is 0 Å². The number of nitrogens with two attached hydrogens (primary N) is 1. The first kappa shape index (κ1) is 10.7. The van der Waals surface area contributed by atoms with Gasteiger partial charge in [0.25, 0.3) is 0 Å². The topological polar surface area (TPSA) is 44.5 Å². The second-order valence-corrected chi connectivity index (χ2v) is 3.98. The molecule has 0 saturated heterocycles.